The van der Waals surface area contributed by atoms with E-state index in [0.717, 1.165) is 11.3 Å². The van der Waals surface area contributed by atoms with Gasteiger partial charge in [-0.15, -0.1) is 0 Å². The quantitative estimate of drug-likeness (QED) is 0.605. The fourth-order valence-corrected chi connectivity index (χ4v) is 2.29. The Balaban J connectivity index is 2.77. The molecule has 0 fully saturated rings. The Hall–Kier alpha value is -1.11. The van der Waals surface area contributed by atoms with Gasteiger partial charge in [0.2, 0.25) is 0 Å². The summed E-state index contributed by atoms with van der Waals surface area (Å²) in [7, 11) is -4.04. The van der Waals surface area contributed by atoms with Crippen LogP contribution in [0, 0.1) is 6.92 Å². The van der Waals surface area contributed by atoms with Gasteiger partial charge in [-0.2, -0.15) is 8.42 Å². The van der Waals surface area contributed by atoms with Gasteiger partial charge in [0, 0.05) is 18.7 Å². The minimum atomic E-state index is -4.04. The summed E-state index contributed by atoms with van der Waals surface area (Å²) < 4.78 is 30.0. The van der Waals surface area contributed by atoms with E-state index in [4.69, 9.17) is 4.55 Å². The molecule has 0 saturated heterocycles. The summed E-state index contributed by atoms with van der Waals surface area (Å²) in [6, 6.07) is 7.60. The lowest BCUT2D eigenvalue weighted by Crippen LogP contribution is -2.36. The number of hydrogen-bond acceptors (Lipinski definition) is 4. The van der Waals surface area contributed by atoms with Gasteiger partial charge in [0.05, 0.1) is 5.75 Å². The number of rotatable bonds is 6. The highest BCUT2D eigenvalue weighted by atomic mass is 32.2. The zero-order valence-electron chi connectivity index (χ0n) is 10.6. The van der Waals surface area contributed by atoms with Gasteiger partial charge in [0.15, 0.2) is 0 Å². The Morgan fingerprint density at radius 3 is 2.56 bits per heavy atom. The molecule has 0 spiro atoms. The largest absolute Gasteiger partial charge is 0.374 e. The normalized spacial score (nSPS) is 13.3. The molecule has 0 aromatic heterocycles. The van der Waals surface area contributed by atoms with Crippen LogP contribution in [0.15, 0.2) is 24.3 Å². The highest BCUT2D eigenvalue weighted by Gasteiger charge is 2.17. The number of aliphatic hydroxyl groups excluding tert-OH is 1. The van der Waals surface area contributed by atoms with Crippen molar-refractivity contribution >= 4 is 15.8 Å². The van der Waals surface area contributed by atoms with Gasteiger partial charge in [0.1, 0.15) is 6.23 Å². The van der Waals surface area contributed by atoms with E-state index in [-0.39, 0.29) is 6.42 Å². The topological polar surface area (TPSA) is 77.8 Å². The van der Waals surface area contributed by atoms with Crippen molar-refractivity contribution in [1.29, 1.82) is 0 Å². The minimum Gasteiger partial charge on any atom is -0.374 e. The van der Waals surface area contributed by atoms with E-state index in [1.165, 1.54) is 0 Å². The highest BCUT2D eigenvalue weighted by molar-refractivity contribution is 7.85. The van der Waals surface area contributed by atoms with Gasteiger partial charge in [-0.25, -0.2) is 0 Å². The fourth-order valence-electron chi connectivity index (χ4n) is 1.78. The van der Waals surface area contributed by atoms with Crippen LogP contribution in [0.4, 0.5) is 5.69 Å². The smallest absolute Gasteiger partial charge is 0.265 e. The first-order valence-electron chi connectivity index (χ1n) is 5.80. The average molecular weight is 273 g/mol. The summed E-state index contributed by atoms with van der Waals surface area (Å²) in [6.07, 6.45) is -0.959. The number of anilines is 1. The number of benzene rings is 1. The number of hydrogen-bond donors (Lipinski definition) is 2. The molecule has 0 saturated carbocycles. The second kappa shape index (κ2) is 6.17. The zero-order valence-corrected chi connectivity index (χ0v) is 11.4. The van der Waals surface area contributed by atoms with Crippen LogP contribution in [0.1, 0.15) is 18.9 Å². The van der Waals surface area contributed by atoms with E-state index in [1.54, 1.807) is 4.90 Å². The molecule has 0 aliphatic rings. The second-order valence-electron chi connectivity index (χ2n) is 4.18. The molecule has 1 atom stereocenters. The minimum absolute atomic E-state index is 0.0272. The second-order valence-corrected chi connectivity index (χ2v) is 5.75. The van der Waals surface area contributed by atoms with Crippen LogP contribution in [0.25, 0.3) is 0 Å². The Morgan fingerprint density at radius 1 is 1.39 bits per heavy atom. The van der Waals surface area contributed by atoms with Crippen molar-refractivity contribution in [2.24, 2.45) is 0 Å². The van der Waals surface area contributed by atoms with E-state index in [9.17, 15) is 13.5 Å². The molecule has 6 heteroatoms. The molecular formula is C12H19NO4S. The van der Waals surface area contributed by atoms with Crippen LogP contribution in [-0.2, 0) is 10.1 Å². The summed E-state index contributed by atoms with van der Waals surface area (Å²) >= 11 is 0. The first-order valence-corrected chi connectivity index (χ1v) is 7.41. The molecule has 5 nitrogen and oxygen atoms in total. The lowest BCUT2D eigenvalue weighted by Gasteiger charge is -2.28. The van der Waals surface area contributed by atoms with Crippen LogP contribution in [0.3, 0.4) is 0 Å². The third-order valence-electron chi connectivity index (χ3n) is 2.67. The predicted octanol–water partition coefficient (Wildman–Crippen LogP) is 1.42. The van der Waals surface area contributed by atoms with Gasteiger partial charge in [0.25, 0.3) is 10.1 Å². The molecule has 0 radical (unpaired) electrons. The van der Waals surface area contributed by atoms with E-state index in [0.29, 0.717) is 6.54 Å². The van der Waals surface area contributed by atoms with Crippen molar-refractivity contribution in [3.63, 3.8) is 0 Å². The molecule has 0 amide bonds. The third-order valence-corrected chi connectivity index (χ3v) is 3.42. The molecule has 102 valence electrons. The molecular weight excluding hydrogens is 254 g/mol. The molecule has 0 aliphatic carbocycles. The molecule has 1 aromatic carbocycles. The summed E-state index contributed by atoms with van der Waals surface area (Å²) in [4.78, 5) is 1.69. The standard InChI is InChI=1S/C12H19NO4S/c1-3-13(11-6-4-5-10(2)9-11)12(14)7-8-18(15,16)17/h4-6,9,12,14H,3,7-8H2,1-2H3,(H,15,16,17). The van der Waals surface area contributed by atoms with Gasteiger partial charge in [-0.05, 0) is 31.5 Å². The SMILES string of the molecule is CCN(c1cccc(C)c1)C(O)CCS(=O)(=O)O. The zero-order chi connectivity index (χ0) is 13.8. The molecule has 0 aliphatic heterocycles. The lowest BCUT2D eigenvalue weighted by atomic mass is 10.2. The average Bonchev–Trinajstić information content (AvgIpc) is 2.26. The Kier molecular flexibility index (Phi) is 5.13. The monoisotopic (exact) mass is 273 g/mol. The fraction of sp³-hybridized carbons (Fsp3) is 0.500. The van der Waals surface area contributed by atoms with Crippen molar-refractivity contribution in [1.82, 2.24) is 0 Å². The molecule has 0 bridgehead atoms. The van der Waals surface area contributed by atoms with Crippen molar-refractivity contribution in [2.75, 3.05) is 17.2 Å². The van der Waals surface area contributed by atoms with Gasteiger partial charge < -0.3 is 10.0 Å². The van der Waals surface area contributed by atoms with E-state index in [1.807, 2.05) is 38.1 Å². The molecule has 1 aromatic rings. The molecule has 1 unspecified atom stereocenters. The predicted molar refractivity (Wildman–Crippen MR) is 71.2 cm³/mol. The Morgan fingerprint density at radius 2 is 2.06 bits per heavy atom. The van der Waals surface area contributed by atoms with Crippen LogP contribution in [-0.4, -0.2) is 36.6 Å². The van der Waals surface area contributed by atoms with E-state index in [2.05, 4.69) is 0 Å². The van der Waals surface area contributed by atoms with Gasteiger partial charge in [-0.1, -0.05) is 12.1 Å². The van der Waals surface area contributed by atoms with Crippen molar-refractivity contribution < 1.29 is 18.1 Å². The van der Waals surface area contributed by atoms with Crippen LogP contribution in [0.2, 0.25) is 0 Å². The summed E-state index contributed by atoms with van der Waals surface area (Å²) in [5.41, 5.74) is 1.90. The van der Waals surface area contributed by atoms with Gasteiger partial charge >= 0.3 is 0 Å². The van der Waals surface area contributed by atoms with Crippen molar-refractivity contribution in [3.05, 3.63) is 29.8 Å². The molecule has 2 N–H and O–H groups in total. The summed E-state index contributed by atoms with van der Waals surface area (Å²) in [5, 5.41) is 9.97. The van der Waals surface area contributed by atoms with Gasteiger partial charge in [-0.3, -0.25) is 4.55 Å². The molecule has 18 heavy (non-hydrogen) atoms. The number of aryl methyl sites for hydroxylation is 1. The molecule has 1 rings (SSSR count). The molecule has 0 heterocycles. The van der Waals surface area contributed by atoms with Crippen molar-refractivity contribution in [3.8, 4) is 0 Å². The lowest BCUT2D eigenvalue weighted by molar-refractivity contribution is 0.165. The maximum absolute atomic E-state index is 10.7. The first kappa shape index (κ1) is 14.9. The maximum atomic E-state index is 10.7. The Labute approximate surface area is 108 Å². The van der Waals surface area contributed by atoms with Crippen LogP contribution < -0.4 is 4.90 Å². The van der Waals surface area contributed by atoms with Crippen molar-refractivity contribution in [2.45, 2.75) is 26.5 Å². The van der Waals surface area contributed by atoms with Crippen LogP contribution >= 0.6 is 0 Å². The highest BCUT2D eigenvalue weighted by Crippen LogP contribution is 2.18. The first-order chi connectivity index (χ1) is 8.33. The summed E-state index contributed by atoms with van der Waals surface area (Å²) in [5.74, 6) is -0.448. The van der Waals surface area contributed by atoms with Crippen LogP contribution in [0.5, 0.6) is 0 Å². The van der Waals surface area contributed by atoms with E-state index >= 15 is 0 Å². The number of aliphatic hydroxyl groups is 1. The summed E-state index contributed by atoms with van der Waals surface area (Å²) in [6.45, 7) is 4.37. The maximum Gasteiger partial charge on any atom is 0.265 e. The van der Waals surface area contributed by atoms with E-state index < -0.39 is 22.1 Å². The Bertz CT molecular complexity index is 487. The third kappa shape index (κ3) is 4.64. The number of nitrogens with zero attached hydrogens (tertiary/aromatic N) is 1.